The van der Waals surface area contributed by atoms with Crippen LogP contribution >= 0.6 is 11.3 Å². The molecule has 3 N–H and O–H groups in total. The van der Waals surface area contributed by atoms with Crippen LogP contribution in [0.25, 0.3) is 11.4 Å². The predicted molar refractivity (Wildman–Crippen MR) is 94.7 cm³/mol. The van der Waals surface area contributed by atoms with Crippen molar-refractivity contribution in [1.29, 1.82) is 0 Å². The van der Waals surface area contributed by atoms with Crippen molar-refractivity contribution in [2.75, 3.05) is 11.9 Å². The van der Waals surface area contributed by atoms with E-state index in [-0.39, 0.29) is 12.0 Å². The van der Waals surface area contributed by atoms with E-state index in [0.29, 0.717) is 18.2 Å². The largest absolute Gasteiger partial charge is 0.378 e. The van der Waals surface area contributed by atoms with Crippen molar-refractivity contribution in [3.05, 3.63) is 29.8 Å². The lowest BCUT2D eigenvalue weighted by atomic mass is 9.54. The summed E-state index contributed by atoms with van der Waals surface area (Å²) in [7, 11) is 0. The van der Waals surface area contributed by atoms with E-state index in [1.165, 1.54) is 11.3 Å². The second-order valence-corrected chi connectivity index (χ2v) is 7.41. The molecule has 1 saturated carbocycles. The van der Waals surface area contributed by atoms with Crippen LogP contribution < -0.4 is 11.1 Å². The van der Waals surface area contributed by atoms with Gasteiger partial charge in [-0.05, 0) is 19.1 Å². The molecular formula is C17H22N4O2S. The highest BCUT2D eigenvalue weighted by Crippen LogP contribution is 2.50. The van der Waals surface area contributed by atoms with Crippen LogP contribution in [-0.4, -0.2) is 34.1 Å². The van der Waals surface area contributed by atoms with Gasteiger partial charge in [0.15, 0.2) is 5.13 Å². The summed E-state index contributed by atoms with van der Waals surface area (Å²) in [4.78, 5) is 21.4. The zero-order valence-electron chi connectivity index (χ0n) is 14.1. The Balaban J connectivity index is 1.71. The molecule has 1 amide bonds. The fourth-order valence-corrected chi connectivity index (χ4v) is 3.69. The Labute approximate surface area is 145 Å². The summed E-state index contributed by atoms with van der Waals surface area (Å²) in [6.07, 6.45) is 2.23. The minimum Gasteiger partial charge on any atom is -0.378 e. The molecule has 1 aliphatic rings. The molecule has 6 nitrogen and oxygen atoms in total. The minimum atomic E-state index is -0.955. The normalized spacial score (nSPS) is 25.1. The van der Waals surface area contributed by atoms with Gasteiger partial charge in [0, 0.05) is 30.0 Å². The molecule has 24 heavy (non-hydrogen) atoms. The number of hydrogen-bond donors (Lipinski definition) is 2. The summed E-state index contributed by atoms with van der Waals surface area (Å²) in [5, 5.41) is 5.25. The average Bonchev–Trinajstić information content (AvgIpc) is 3.03. The van der Waals surface area contributed by atoms with Gasteiger partial charge in [0.25, 0.3) is 0 Å². The Morgan fingerprint density at radius 3 is 2.88 bits per heavy atom. The molecule has 1 aliphatic carbocycles. The zero-order chi connectivity index (χ0) is 17.4. The number of pyridine rings is 1. The second kappa shape index (κ2) is 6.23. The number of nitrogens with zero attached hydrogens (tertiary/aromatic N) is 2. The standard InChI is InChI=1S/C17H22N4O2S/c1-4-23-13-9-17(18,16(13,2)3)14(22)21-15-20-12(10-24-15)11-7-5-6-8-19-11/h5-8,10,13H,4,9,18H2,1-3H3,(H,20,21,22). The first-order chi connectivity index (χ1) is 11.4. The number of aromatic nitrogens is 2. The van der Waals surface area contributed by atoms with Gasteiger partial charge < -0.3 is 15.8 Å². The smallest absolute Gasteiger partial charge is 0.246 e. The summed E-state index contributed by atoms with van der Waals surface area (Å²) in [5.74, 6) is -0.217. The van der Waals surface area contributed by atoms with Crippen LogP contribution in [0.15, 0.2) is 29.8 Å². The summed E-state index contributed by atoms with van der Waals surface area (Å²) >= 11 is 1.36. The molecule has 0 spiro atoms. The van der Waals surface area contributed by atoms with Crippen LogP contribution in [0.2, 0.25) is 0 Å². The molecule has 2 atom stereocenters. The van der Waals surface area contributed by atoms with E-state index in [2.05, 4.69) is 15.3 Å². The lowest BCUT2D eigenvalue weighted by molar-refractivity contribution is -0.166. The Bertz CT molecular complexity index is 731. The highest BCUT2D eigenvalue weighted by molar-refractivity contribution is 7.14. The van der Waals surface area contributed by atoms with Gasteiger partial charge in [-0.1, -0.05) is 19.9 Å². The maximum atomic E-state index is 12.7. The van der Waals surface area contributed by atoms with Crippen LogP contribution in [0.3, 0.4) is 0 Å². The van der Waals surface area contributed by atoms with Crippen molar-refractivity contribution in [2.24, 2.45) is 11.1 Å². The van der Waals surface area contributed by atoms with E-state index in [1.807, 2.05) is 44.4 Å². The highest BCUT2D eigenvalue weighted by Gasteiger charge is 2.63. The lowest BCUT2D eigenvalue weighted by Gasteiger charge is -2.57. The number of amides is 1. The first-order valence-electron chi connectivity index (χ1n) is 7.97. The first-order valence-corrected chi connectivity index (χ1v) is 8.85. The van der Waals surface area contributed by atoms with Gasteiger partial charge in [0.2, 0.25) is 5.91 Å². The molecule has 1 fully saturated rings. The van der Waals surface area contributed by atoms with Gasteiger partial charge >= 0.3 is 0 Å². The third-order valence-corrected chi connectivity index (χ3v) is 5.64. The number of anilines is 1. The van der Waals surface area contributed by atoms with E-state index in [1.54, 1.807) is 6.20 Å². The van der Waals surface area contributed by atoms with Gasteiger partial charge in [-0.25, -0.2) is 4.98 Å². The van der Waals surface area contributed by atoms with Gasteiger partial charge in [-0.2, -0.15) is 0 Å². The van der Waals surface area contributed by atoms with Gasteiger partial charge in [0.05, 0.1) is 11.8 Å². The second-order valence-electron chi connectivity index (χ2n) is 6.55. The lowest BCUT2D eigenvalue weighted by Crippen LogP contribution is -2.74. The molecule has 128 valence electrons. The van der Waals surface area contributed by atoms with Gasteiger partial charge in [-0.3, -0.25) is 9.78 Å². The summed E-state index contributed by atoms with van der Waals surface area (Å²) in [5.41, 5.74) is 6.52. The van der Waals surface area contributed by atoms with Crippen molar-refractivity contribution in [3.8, 4) is 11.4 Å². The van der Waals surface area contributed by atoms with Crippen molar-refractivity contribution in [2.45, 2.75) is 38.8 Å². The molecule has 0 aromatic carbocycles. The molecule has 2 aromatic heterocycles. The van der Waals surface area contributed by atoms with Gasteiger partial charge in [0.1, 0.15) is 11.2 Å². The number of hydrogen-bond acceptors (Lipinski definition) is 6. The summed E-state index contributed by atoms with van der Waals surface area (Å²) < 4.78 is 5.67. The van der Waals surface area contributed by atoms with Crippen molar-refractivity contribution in [1.82, 2.24) is 9.97 Å². The minimum absolute atomic E-state index is 0.00127. The van der Waals surface area contributed by atoms with Crippen molar-refractivity contribution >= 4 is 22.4 Å². The van der Waals surface area contributed by atoms with E-state index in [4.69, 9.17) is 10.5 Å². The van der Waals surface area contributed by atoms with E-state index in [0.717, 1.165) is 11.4 Å². The molecule has 0 saturated heterocycles. The predicted octanol–water partition coefficient (Wildman–Crippen LogP) is 2.68. The number of ether oxygens (including phenoxy) is 1. The molecule has 2 aromatic rings. The molecule has 0 aliphatic heterocycles. The maximum Gasteiger partial charge on any atom is 0.246 e. The maximum absolute atomic E-state index is 12.7. The summed E-state index contributed by atoms with van der Waals surface area (Å²) in [6, 6.07) is 5.64. The van der Waals surface area contributed by atoms with Crippen molar-refractivity contribution < 1.29 is 9.53 Å². The number of carbonyl (C=O) groups is 1. The molecule has 3 rings (SSSR count). The first kappa shape index (κ1) is 17.0. The quantitative estimate of drug-likeness (QED) is 0.869. The Kier molecular flexibility index (Phi) is 4.42. The fraction of sp³-hybridized carbons (Fsp3) is 0.471. The molecule has 2 unspecified atom stereocenters. The number of thiazole rings is 1. The number of nitrogens with one attached hydrogen (secondary N) is 1. The Morgan fingerprint density at radius 2 is 2.25 bits per heavy atom. The van der Waals surface area contributed by atoms with Crippen LogP contribution in [0, 0.1) is 5.41 Å². The molecule has 0 radical (unpaired) electrons. The fourth-order valence-electron chi connectivity index (χ4n) is 2.99. The van der Waals surface area contributed by atoms with E-state index >= 15 is 0 Å². The third kappa shape index (κ3) is 2.72. The highest BCUT2D eigenvalue weighted by atomic mass is 32.1. The Morgan fingerprint density at radius 1 is 1.46 bits per heavy atom. The van der Waals surface area contributed by atoms with Crippen LogP contribution in [0.5, 0.6) is 0 Å². The average molecular weight is 346 g/mol. The molecule has 7 heteroatoms. The molecular weight excluding hydrogens is 324 g/mol. The van der Waals surface area contributed by atoms with Gasteiger partial charge in [-0.15, -0.1) is 11.3 Å². The van der Waals surface area contributed by atoms with Crippen LogP contribution in [0.1, 0.15) is 27.2 Å². The van der Waals surface area contributed by atoms with E-state index in [9.17, 15) is 4.79 Å². The topological polar surface area (TPSA) is 90.1 Å². The number of carbonyl (C=O) groups excluding carboxylic acids is 1. The summed E-state index contributed by atoms with van der Waals surface area (Å²) in [6.45, 7) is 6.50. The van der Waals surface area contributed by atoms with Crippen LogP contribution in [-0.2, 0) is 9.53 Å². The van der Waals surface area contributed by atoms with Crippen molar-refractivity contribution in [3.63, 3.8) is 0 Å². The zero-order valence-corrected chi connectivity index (χ0v) is 14.9. The van der Waals surface area contributed by atoms with E-state index < -0.39 is 11.0 Å². The Hall–Kier alpha value is -1.83. The number of rotatable bonds is 5. The number of nitrogens with two attached hydrogens (primary N) is 1. The molecule has 2 heterocycles. The van der Waals surface area contributed by atoms with Crippen LogP contribution in [0.4, 0.5) is 5.13 Å². The monoisotopic (exact) mass is 346 g/mol. The molecule has 0 bridgehead atoms. The third-order valence-electron chi connectivity index (χ3n) is 4.89. The SMILES string of the molecule is CCOC1CC(N)(C(=O)Nc2nc(-c3ccccn3)cs2)C1(C)C.